The van der Waals surface area contributed by atoms with Gasteiger partial charge in [0.15, 0.2) is 0 Å². The van der Waals surface area contributed by atoms with Crippen LogP contribution >= 0.6 is 34.8 Å². The first-order valence-corrected chi connectivity index (χ1v) is 11.6. The van der Waals surface area contributed by atoms with Crippen LogP contribution in [0.2, 0.25) is 15.1 Å². The van der Waals surface area contributed by atoms with Crippen LogP contribution in [0.25, 0.3) is 11.0 Å². The average molecular weight is 513 g/mol. The minimum Gasteiger partial charge on any atom is -0.274 e. The summed E-state index contributed by atoms with van der Waals surface area (Å²) in [5.74, 6) is -0.487. The maximum Gasteiger partial charge on any atom is 0.263 e. The van der Waals surface area contributed by atoms with Crippen molar-refractivity contribution in [3.05, 3.63) is 98.2 Å². The van der Waals surface area contributed by atoms with Gasteiger partial charge in [-0.05, 0) is 48.9 Å². The van der Waals surface area contributed by atoms with Gasteiger partial charge in [-0.25, -0.2) is 4.98 Å². The molecule has 1 aliphatic rings. The SMILES string of the molecule is O=C1c2ccccc2C(=O)N1CCCc1nc2cc(Cl)c(Cl)cc2n1C(=O)c1cccc(Cl)c1. The average Bonchev–Trinajstić information content (AvgIpc) is 3.28. The molecule has 4 aromatic rings. The van der Waals surface area contributed by atoms with Gasteiger partial charge >= 0.3 is 0 Å². The predicted octanol–water partition coefficient (Wildman–Crippen LogP) is 5.91. The molecule has 1 aliphatic heterocycles. The number of hydrogen-bond donors (Lipinski definition) is 0. The lowest BCUT2D eigenvalue weighted by atomic mass is 10.1. The molecule has 0 radical (unpaired) electrons. The molecule has 0 fully saturated rings. The van der Waals surface area contributed by atoms with Crippen molar-refractivity contribution in [1.29, 1.82) is 0 Å². The van der Waals surface area contributed by atoms with E-state index in [9.17, 15) is 14.4 Å². The summed E-state index contributed by atoms with van der Waals surface area (Å²) >= 11 is 18.5. The summed E-state index contributed by atoms with van der Waals surface area (Å²) < 4.78 is 1.48. The summed E-state index contributed by atoms with van der Waals surface area (Å²) in [5, 5.41) is 1.06. The summed E-state index contributed by atoms with van der Waals surface area (Å²) in [6.45, 7) is 0.197. The Morgan fingerprint density at radius 2 is 1.53 bits per heavy atom. The molecule has 170 valence electrons. The molecule has 0 bridgehead atoms. The van der Waals surface area contributed by atoms with E-state index >= 15 is 0 Å². The number of amides is 2. The van der Waals surface area contributed by atoms with Gasteiger partial charge in [0.1, 0.15) is 5.82 Å². The summed E-state index contributed by atoms with van der Waals surface area (Å²) in [7, 11) is 0. The smallest absolute Gasteiger partial charge is 0.263 e. The van der Waals surface area contributed by atoms with E-state index in [-0.39, 0.29) is 24.3 Å². The molecule has 0 saturated carbocycles. The van der Waals surface area contributed by atoms with Gasteiger partial charge < -0.3 is 0 Å². The van der Waals surface area contributed by atoms with Crippen molar-refractivity contribution in [3.63, 3.8) is 0 Å². The molecule has 9 heteroatoms. The topological polar surface area (TPSA) is 72.3 Å². The van der Waals surface area contributed by atoms with E-state index in [1.54, 1.807) is 60.7 Å². The van der Waals surface area contributed by atoms with Gasteiger partial charge in [0.2, 0.25) is 0 Å². The molecular formula is C25H16Cl3N3O3. The number of rotatable bonds is 5. The molecule has 0 spiro atoms. The van der Waals surface area contributed by atoms with Crippen molar-refractivity contribution >= 4 is 63.6 Å². The molecule has 0 N–H and O–H groups in total. The Balaban J connectivity index is 1.45. The zero-order valence-electron chi connectivity index (χ0n) is 17.6. The van der Waals surface area contributed by atoms with Crippen LogP contribution in [0.15, 0.2) is 60.7 Å². The quantitative estimate of drug-likeness (QED) is 0.312. The molecular weight excluding hydrogens is 497 g/mol. The Bertz CT molecular complexity index is 1460. The van der Waals surface area contributed by atoms with E-state index in [2.05, 4.69) is 4.98 Å². The number of hydrogen-bond acceptors (Lipinski definition) is 4. The fraction of sp³-hybridized carbons (Fsp3) is 0.120. The minimum absolute atomic E-state index is 0.197. The first-order chi connectivity index (χ1) is 16.3. The second-order valence-electron chi connectivity index (χ2n) is 7.85. The number of aromatic nitrogens is 2. The third-order valence-electron chi connectivity index (χ3n) is 5.70. The normalized spacial score (nSPS) is 13.1. The highest BCUT2D eigenvalue weighted by molar-refractivity contribution is 6.42. The first-order valence-electron chi connectivity index (χ1n) is 10.5. The van der Waals surface area contributed by atoms with Gasteiger partial charge in [-0.1, -0.05) is 53.0 Å². The van der Waals surface area contributed by atoms with Crippen LogP contribution in [0, 0.1) is 0 Å². The van der Waals surface area contributed by atoms with Gasteiger partial charge in [0.25, 0.3) is 17.7 Å². The molecule has 5 rings (SSSR count). The van der Waals surface area contributed by atoms with Crippen LogP contribution in [0.5, 0.6) is 0 Å². The minimum atomic E-state index is -0.320. The van der Waals surface area contributed by atoms with Gasteiger partial charge in [-0.15, -0.1) is 0 Å². The van der Waals surface area contributed by atoms with Gasteiger partial charge in [0.05, 0.1) is 32.2 Å². The van der Waals surface area contributed by atoms with Gasteiger partial charge in [-0.2, -0.15) is 0 Å². The standard InChI is InChI=1S/C25H16Cl3N3O3/c26-15-6-3-5-14(11-15)23(32)31-21-13-19(28)18(27)12-20(21)29-22(31)9-4-10-30-24(33)16-7-1-2-8-17(16)25(30)34/h1-3,5-8,11-13H,4,9-10H2. The number of aryl methyl sites for hydroxylation is 1. The van der Waals surface area contributed by atoms with E-state index in [0.717, 1.165) is 0 Å². The van der Waals surface area contributed by atoms with Crippen molar-refractivity contribution in [2.24, 2.45) is 0 Å². The zero-order valence-corrected chi connectivity index (χ0v) is 19.9. The summed E-state index contributed by atoms with van der Waals surface area (Å²) in [5.41, 5.74) is 2.22. The Labute approximate surface area is 209 Å². The summed E-state index contributed by atoms with van der Waals surface area (Å²) in [6, 6.07) is 16.6. The molecule has 2 heterocycles. The van der Waals surface area contributed by atoms with Crippen molar-refractivity contribution in [3.8, 4) is 0 Å². The number of carbonyl (C=O) groups excluding carboxylic acids is 3. The number of imidazole rings is 1. The van der Waals surface area contributed by atoms with E-state index < -0.39 is 0 Å². The predicted molar refractivity (Wildman–Crippen MR) is 131 cm³/mol. The highest BCUT2D eigenvalue weighted by Crippen LogP contribution is 2.30. The largest absolute Gasteiger partial charge is 0.274 e. The number of nitrogens with zero attached hydrogens (tertiary/aromatic N) is 3. The van der Waals surface area contributed by atoms with Crippen LogP contribution in [-0.2, 0) is 6.42 Å². The monoisotopic (exact) mass is 511 g/mol. The molecule has 0 unspecified atom stereocenters. The molecule has 6 nitrogen and oxygen atoms in total. The van der Waals surface area contributed by atoms with Gasteiger partial charge in [-0.3, -0.25) is 23.9 Å². The van der Waals surface area contributed by atoms with Crippen molar-refractivity contribution < 1.29 is 14.4 Å². The maximum atomic E-state index is 13.4. The first kappa shape index (κ1) is 22.6. The van der Waals surface area contributed by atoms with E-state index in [0.29, 0.717) is 61.5 Å². The molecule has 0 saturated heterocycles. The Morgan fingerprint density at radius 3 is 2.21 bits per heavy atom. The Hall–Kier alpha value is -3.19. The second-order valence-corrected chi connectivity index (χ2v) is 9.10. The number of fused-ring (bicyclic) bond motifs is 2. The van der Waals surface area contributed by atoms with E-state index in [4.69, 9.17) is 34.8 Å². The highest BCUT2D eigenvalue weighted by atomic mass is 35.5. The molecule has 0 aliphatic carbocycles. The molecule has 1 aromatic heterocycles. The molecule has 0 atom stereocenters. The van der Waals surface area contributed by atoms with Crippen molar-refractivity contribution in [2.45, 2.75) is 12.8 Å². The number of halogens is 3. The van der Waals surface area contributed by atoms with Crippen molar-refractivity contribution in [1.82, 2.24) is 14.5 Å². The lowest BCUT2D eigenvalue weighted by Gasteiger charge is -2.14. The summed E-state index contributed by atoms with van der Waals surface area (Å²) in [6.07, 6.45) is 0.753. The van der Waals surface area contributed by atoms with E-state index in [1.807, 2.05) is 0 Å². The van der Waals surface area contributed by atoms with Crippen molar-refractivity contribution in [2.75, 3.05) is 6.54 Å². The number of carbonyl (C=O) groups is 3. The van der Waals surface area contributed by atoms with E-state index in [1.165, 1.54) is 9.47 Å². The maximum absolute atomic E-state index is 13.4. The zero-order chi connectivity index (χ0) is 24.0. The third kappa shape index (κ3) is 3.88. The van der Waals surface area contributed by atoms with Gasteiger partial charge in [0, 0.05) is 23.6 Å². The molecule has 34 heavy (non-hydrogen) atoms. The van der Waals surface area contributed by atoms with Crippen LogP contribution in [-0.4, -0.2) is 38.7 Å². The van der Waals surface area contributed by atoms with Crippen LogP contribution < -0.4 is 0 Å². The number of imide groups is 1. The lowest BCUT2D eigenvalue weighted by Crippen LogP contribution is -2.31. The van der Waals surface area contributed by atoms with Crippen LogP contribution in [0.4, 0.5) is 0 Å². The number of benzene rings is 3. The third-order valence-corrected chi connectivity index (χ3v) is 6.66. The highest BCUT2D eigenvalue weighted by Gasteiger charge is 2.34. The molecule has 2 amide bonds. The van der Waals surface area contributed by atoms with Crippen LogP contribution in [0.1, 0.15) is 43.3 Å². The lowest BCUT2D eigenvalue weighted by molar-refractivity contribution is 0.0651. The van der Waals surface area contributed by atoms with Crippen LogP contribution in [0.3, 0.4) is 0 Å². The second kappa shape index (κ2) is 8.87. The molecule has 3 aromatic carbocycles. The fourth-order valence-electron chi connectivity index (χ4n) is 4.11. The summed E-state index contributed by atoms with van der Waals surface area (Å²) in [4.78, 5) is 44.6. The Kier molecular flexibility index (Phi) is 5.90. The fourth-order valence-corrected chi connectivity index (χ4v) is 4.61. The Morgan fingerprint density at radius 1 is 0.853 bits per heavy atom.